The summed E-state index contributed by atoms with van der Waals surface area (Å²) < 4.78 is 5.47. The van der Waals surface area contributed by atoms with Crippen molar-refractivity contribution in [3.8, 4) is 0 Å². The van der Waals surface area contributed by atoms with Crippen LogP contribution in [0.4, 0.5) is 0 Å². The monoisotopic (exact) mass is 326 g/mol. The molecule has 6 heteroatoms. The highest BCUT2D eigenvalue weighted by atomic mass is 16.5. The second-order valence-electron chi connectivity index (χ2n) is 6.66. The molecule has 2 aliphatic rings. The van der Waals surface area contributed by atoms with E-state index in [2.05, 4.69) is 15.2 Å². The Balaban J connectivity index is 1.51. The lowest BCUT2D eigenvalue weighted by molar-refractivity contribution is 0.0703. The van der Waals surface area contributed by atoms with Gasteiger partial charge in [0.25, 0.3) is 5.91 Å². The number of aromatic amines is 1. The number of amides is 1. The fraction of sp³-hybridized carbons (Fsp3) is 0.500. The molecule has 1 fully saturated rings. The number of piperidine rings is 1. The maximum Gasteiger partial charge on any atom is 0.253 e. The Labute approximate surface area is 141 Å². The van der Waals surface area contributed by atoms with Gasteiger partial charge in [-0.2, -0.15) is 5.10 Å². The van der Waals surface area contributed by atoms with Crippen molar-refractivity contribution in [1.82, 2.24) is 20.1 Å². The molecule has 2 aliphatic heterocycles. The first-order valence-corrected chi connectivity index (χ1v) is 8.58. The number of fused-ring (bicyclic) bond motifs is 1. The van der Waals surface area contributed by atoms with Crippen LogP contribution < -0.4 is 0 Å². The van der Waals surface area contributed by atoms with E-state index in [-0.39, 0.29) is 11.8 Å². The van der Waals surface area contributed by atoms with Crippen LogP contribution in [0.1, 0.15) is 51.9 Å². The second kappa shape index (κ2) is 6.36. The number of nitrogens with zero attached hydrogens (tertiary/aromatic N) is 3. The molecule has 1 aromatic carbocycles. The van der Waals surface area contributed by atoms with Gasteiger partial charge in [0.2, 0.25) is 0 Å². The summed E-state index contributed by atoms with van der Waals surface area (Å²) in [7, 11) is 0. The lowest BCUT2D eigenvalue weighted by Crippen LogP contribution is -2.39. The summed E-state index contributed by atoms with van der Waals surface area (Å²) in [6.07, 6.45) is 2.90. The molecule has 1 N–H and O–H groups in total. The normalized spacial score (nSPS) is 20.7. The number of ether oxygens (including phenoxy) is 1. The number of rotatable bonds is 2. The Morgan fingerprint density at radius 3 is 3.12 bits per heavy atom. The number of likely N-dealkylation sites (tertiary alicyclic amines) is 1. The van der Waals surface area contributed by atoms with Crippen molar-refractivity contribution in [2.75, 3.05) is 19.7 Å². The third kappa shape index (κ3) is 2.94. The first-order valence-electron chi connectivity index (χ1n) is 8.58. The third-order valence-electron chi connectivity index (χ3n) is 4.91. The Kier molecular flexibility index (Phi) is 4.06. The summed E-state index contributed by atoms with van der Waals surface area (Å²) in [6, 6.07) is 6.00. The SMILES string of the molecule is Cc1nc(C2CCCN(C(=O)c3ccc4c(c3)CCOC4)C2)n[nH]1. The predicted molar refractivity (Wildman–Crippen MR) is 88.8 cm³/mol. The van der Waals surface area contributed by atoms with Gasteiger partial charge in [0.1, 0.15) is 5.82 Å². The first kappa shape index (κ1) is 15.3. The molecule has 0 aliphatic carbocycles. The molecule has 24 heavy (non-hydrogen) atoms. The van der Waals surface area contributed by atoms with Gasteiger partial charge in [-0.25, -0.2) is 4.98 Å². The highest BCUT2D eigenvalue weighted by Gasteiger charge is 2.28. The number of carbonyl (C=O) groups excluding carboxylic acids is 1. The second-order valence-corrected chi connectivity index (χ2v) is 6.66. The van der Waals surface area contributed by atoms with Crippen LogP contribution in [0.2, 0.25) is 0 Å². The quantitative estimate of drug-likeness (QED) is 0.918. The van der Waals surface area contributed by atoms with Crippen molar-refractivity contribution in [2.45, 2.75) is 38.7 Å². The van der Waals surface area contributed by atoms with E-state index in [1.165, 1.54) is 11.1 Å². The van der Waals surface area contributed by atoms with Crippen LogP contribution in [0.15, 0.2) is 18.2 Å². The maximum atomic E-state index is 12.9. The van der Waals surface area contributed by atoms with Gasteiger partial charge in [0.15, 0.2) is 5.82 Å². The summed E-state index contributed by atoms with van der Waals surface area (Å²) in [5.41, 5.74) is 3.22. The zero-order valence-corrected chi connectivity index (χ0v) is 13.9. The third-order valence-corrected chi connectivity index (χ3v) is 4.91. The molecular formula is C18H22N4O2. The molecule has 0 saturated carbocycles. The highest BCUT2D eigenvalue weighted by molar-refractivity contribution is 5.94. The van der Waals surface area contributed by atoms with Crippen molar-refractivity contribution in [3.63, 3.8) is 0 Å². The summed E-state index contributed by atoms with van der Waals surface area (Å²) >= 11 is 0. The van der Waals surface area contributed by atoms with E-state index in [0.717, 1.165) is 49.6 Å². The van der Waals surface area contributed by atoms with E-state index >= 15 is 0 Å². The lowest BCUT2D eigenvalue weighted by atomic mass is 9.95. The smallest absolute Gasteiger partial charge is 0.253 e. The van der Waals surface area contributed by atoms with Crippen molar-refractivity contribution in [2.24, 2.45) is 0 Å². The molecule has 3 heterocycles. The number of H-pyrrole nitrogens is 1. The van der Waals surface area contributed by atoms with E-state index in [4.69, 9.17) is 4.74 Å². The fourth-order valence-electron chi connectivity index (χ4n) is 3.59. The molecule has 0 radical (unpaired) electrons. The van der Waals surface area contributed by atoms with Crippen LogP contribution in [0.25, 0.3) is 0 Å². The molecule has 1 amide bonds. The Morgan fingerprint density at radius 1 is 1.38 bits per heavy atom. The highest BCUT2D eigenvalue weighted by Crippen LogP contribution is 2.26. The number of aromatic nitrogens is 3. The number of benzene rings is 1. The van der Waals surface area contributed by atoms with E-state index in [1.807, 2.05) is 30.0 Å². The summed E-state index contributed by atoms with van der Waals surface area (Å²) in [4.78, 5) is 19.3. The Bertz CT molecular complexity index is 755. The maximum absolute atomic E-state index is 12.9. The number of nitrogens with one attached hydrogen (secondary N) is 1. The van der Waals surface area contributed by atoms with E-state index in [0.29, 0.717) is 13.2 Å². The standard InChI is InChI=1S/C18H22N4O2/c1-12-19-17(21-20-12)15-3-2-7-22(10-15)18(23)14-4-5-16-11-24-8-6-13(16)9-14/h4-5,9,15H,2-3,6-8,10-11H2,1H3,(H,19,20,21). The van der Waals surface area contributed by atoms with Crippen LogP contribution in [0.5, 0.6) is 0 Å². The van der Waals surface area contributed by atoms with Crippen molar-refractivity contribution in [3.05, 3.63) is 46.5 Å². The number of hydrogen-bond donors (Lipinski definition) is 1. The minimum absolute atomic E-state index is 0.112. The van der Waals surface area contributed by atoms with Crippen LogP contribution >= 0.6 is 0 Å². The Morgan fingerprint density at radius 2 is 2.29 bits per heavy atom. The topological polar surface area (TPSA) is 71.1 Å². The molecule has 126 valence electrons. The molecule has 6 nitrogen and oxygen atoms in total. The zero-order chi connectivity index (χ0) is 16.5. The molecule has 2 aromatic rings. The minimum atomic E-state index is 0.112. The van der Waals surface area contributed by atoms with Gasteiger partial charge in [-0.15, -0.1) is 0 Å². The summed E-state index contributed by atoms with van der Waals surface area (Å²) in [5.74, 6) is 1.98. The van der Waals surface area contributed by atoms with Gasteiger partial charge in [0.05, 0.1) is 13.2 Å². The van der Waals surface area contributed by atoms with Gasteiger partial charge in [-0.1, -0.05) is 6.07 Å². The van der Waals surface area contributed by atoms with E-state index in [9.17, 15) is 4.79 Å². The van der Waals surface area contributed by atoms with E-state index < -0.39 is 0 Å². The van der Waals surface area contributed by atoms with E-state index in [1.54, 1.807) is 0 Å². The number of hydrogen-bond acceptors (Lipinski definition) is 4. The minimum Gasteiger partial charge on any atom is -0.376 e. The molecule has 1 saturated heterocycles. The molecule has 1 unspecified atom stereocenters. The predicted octanol–water partition coefficient (Wildman–Crippen LogP) is 2.21. The van der Waals surface area contributed by atoms with Gasteiger partial charge < -0.3 is 9.64 Å². The molecule has 0 bridgehead atoms. The average Bonchev–Trinajstić information content (AvgIpc) is 3.07. The van der Waals surface area contributed by atoms with Gasteiger partial charge in [-0.3, -0.25) is 9.89 Å². The average molecular weight is 326 g/mol. The Hall–Kier alpha value is -2.21. The number of aryl methyl sites for hydroxylation is 1. The van der Waals surface area contributed by atoms with Crippen LogP contribution in [0.3, 0.4) is 0 Å². The van der Waals surface area contributed by atoms with Crippen LogP contribution in [0, 0.1) is 6.92 Å². The van der Waals surface area contributed by atoms with Crippen molar-refractivity contribution in [1.29, 1.82) is 0 Å². The zero-order valence-electron chi connectivity index (χ0n) is 13.9. The van der Waals surface area contributed by atoms with Crippen molar-refractivity contribution < 1.29 is 9.53 Å². The fourth-order valence-corrected chi connectivity index (χ4v) is 3.59. The molecule has 1 aromatic heterocycles. The van der Waals surface area contributed by atoms with Crippen molar-refractivity contribution >= 4 is 5.91 Å². The van der Waals surface area contributed by atoms with Crippen LogP contribution in [-0.4, -0.2) is 45.7 Å². The van der Waals surface area contributed by atoms with Gasteiger partial charge in [-0.05, 0) is 49.4 Å². The molecule has 0 spiro atoms. The summed E-state index contributed by atoms with van der Waals surface area (Å²) in [6.45, 7) is 4.79. The molecule has 1 atom stereocenters. The van der Waals surface area contributed by atoms with Gasteiger partial charge >= 0.3 is 0 Å². The molecular weight excluding hydrogens is 304 g/mol. The first-order chi connectivity index (χ1) is 11.7. The lowest BCUT2D eigenvalue weighted by Gasteiger charge is -2.31. The number of carbonyl (C=O) groups is 1. The van der Waals surface area contributed by atoms with Crippen LogP contribution in [-0.2, 0) is 17.8 Å². The largest absolute Gasteiger partial charge is 0.376 e. The molecule has 4 rings (SSSR count). The summed E-state index contributed by atoms with van der Waals surface area (Å²) in [5, 5.41) is 7.18. The van der Waals surface area contributed by atoms with Gasteiger partial charge in [0, 0.05) is 24.6 Å².